The second kappa shape index (κ2) is 8.35. The first-order valence-corrected chi connectivity index (χ1v) is 10.9. The molecule has 0 bridgehead atoms. The maximum absolute atomic E-state index is 13.6. The van der Waals surface area contributed by atoms with Crippen LogP contribution in [0.2, 0.25) is 0 Å². The third kappa shape index (κ3) is 4.33. The predicted octanol–water partition coefficient (Wildman–Crippen LogP) is 4.82. The largest absolute Gasteiger partial charge is 0.488 e. The number of ketones is 1. The van der Waals surface area contributed by atoms with Crippen molar-refractivity contribution in [3.8, 4) is 11.5 Å². The summed E-state index contributed by atoms with van der Waals surface area (Å²) in [5.74, 6) is 0.340. The third-order valence-corrected chi connectivity index (χ3v) is 6.01. The lowest BCUT2D eigenvalue weighted by Gasteiger charge is -2.40. The highest BCUT2D eigenvalue weighted by Crippen LogP contribution is 2.46. The molecule has 2 N–H and O–H groups in total. The Labute approximate surface area is 193 Å². The number of aromatic nitrogens is 1. The Bertz CT molecular complexity index is 1230. The summed E-state index contributed by atoms with van der Waals surface area (Å²) in [6.07, 6.45) is 0. The fraction of sp³-hybridized carbons (Fsp3) is 0.296. The van der Waals surface area contributed by atoms with Crippen molar-refractivity contribution in [2.45, 2.75) is 52.7 Å². The SMILES string of the molecule is Cc1cc(C2C(=O)c3ccc(OCc4ccc(C(N)=O)cc4)c(C)c3OC2(C)C)cc(C)n1. The number of hydrogen-bond acceptors (Lipinski definition) is 5. The first-order valence-electron chi connectivity index (χ1n) is 10.9. The molecule has 6 nitrogen and oxygen atoms in total. The van der Waals surface area contributed by atoms with Crippen LogP contribution in [0.4, 0.5) is 0 Å². The number of benzene rings is 2. The van der Waals surface area contributed by atoms with Crippen molar-refractivity contribution in [3.63, 3.8) is 0 Å². The number of amides is 1. The summed E-state index contributed by atoms with van der Waals surface area (Å²) in [5.41, 5.74) is 9.92. The van der Waals surface area contributed by atoms with E-state index >= 15 is 0 Å². The number of ether oxygens (including phenoxy) is 2. The molecule has 1 unspecified atom stereocenters. The summed E-state index contributed by atoms with van der Waals surface area (Å²) < 4.78 is 12.4. The second-order valence-corrected chi connectivity index (χ2v) is 9.10. The zero-order chi connectivity index (χ0) is 23.9. The van der Waals surface area contributed by atoms with Crippen LogP contribution in [0.15, 0.2) is 48.5 Å². The molecule has 170 valence electrons. The van der Waals surface area contributed by atoms with Crippen LogP contribution in [0.1, 0.15) is 68.6 Å². The molecule has 0 fully saturated rings. The second-order valence-electron chi connectivity index (χ2n) is 9.10. The number of Topliss-reactive ketones (excluding diaryl/α,β-unsaturated/α-hetero) is 1. The molecule has 1 aliphatic rings. The number of primary amides is 1. The van der Waals surface area contributed by atoms with Gasteiger partial charge in [-0.25, -0.2) is 0 Å². The van der Waals surface area contributed by atoms with Crippen molar-refractivity contribution in [2.75, 3.05) is 0 Å². The Morgan fingerprint density at radius 1 is 1.06 bits per heavy atom. The van der Waals surface area contributed by atoms with Gasteiger partial charge in [0, 0.05) is 22.5 Å². The average molecular weight is 445 g/mol. The van der Waals surface area contributed by atoms with Crippen LogP contribution in [-0.4, -0.2) is 22.3 Å². The van der Waals surface area contributed by atoms with Gasteiger partial charge in [0.1, 0.15) is 23.7 Å². The first-order chi connectivity index (χ1) is 15.6. The summed E-state index contributed by atoms with van der Waals surface area (Å²) in [7, 11) is 0. The van der Waals surface area contributed by atoms with E-state index in [1.165, 1.54) is 0 Å². The molecule has 33 heavy (non-hydrogen) atoms. The van der Waals surface area contributed by atoms with Crippen LogP contribution in [0.3, 0.4) is 0 Å². The molecular formula is C27H28N2O4. The lowest BCUT2D eigenvalue weighted by atomic mass is 9.76. The number of pyridine rings is 1. The number of carbonyl (C=O) groups is 2. The minimum absolute atomic E-state index is 0.0305. The Morgan fingerprint density at radius 2 is 1.70 bits per heavy atom. The minimum atomic E-state index is -0.738. The van der Waals surface area contributed by atoms with Crippen molar-refractivity contribution in [3.05, 3.63) is 87.7 Å². The van der Waals surface area contributed by atoms with Gasteiger partial charge in [-0.1, -0.05) is 12.1 Å². The van der Waals surface area contributed by atoms with E-state index in [1.807, 2.05) is 52.8 Å². The Balaban J connectivity index is 1.62. The van der Waals surface area contributed by atoms with Crippen LogP contribution in [0.5, 0.6) is 11.5 Å². The van der Waals surface area contributed by atoms with Crippen LogP contribution in [0.25, 0.3) is 0 Å². The van der Waals surface area contributed by atoms with Gasteiger partial charge in [-0.05, 0) is 82.1 Å². The molecule has 1 aliphatic heterocycles. The molecule has 0 saturated heterocycles. The van der Waals surface area contributed by atoms with E-state index in [2.05, 4.69) is 4.98 Å². The Morgan fingerprint density at radius 3 is 2.30 bits per heavy atom. The third-order valence-electron chi connectivity index (χ3n) is 6.01. The molecular weight excluding hydrogens is 416 g/mol. The maximum Gasteiger partial charge on any atom is 0.248 e. The summed E-state index contributed by atoms with van der Waals surface area (Å²) in [6, 6.07) is 14.5. The number of carbonyl (C=O) groups excluding carboxylic acids is 2. The van der Waals surface area contributed by atoms with E-state index in [0.29, 0.717) is 29.2 Å². The number of fused-ring (bicyclic) bond motifs is 1. The maximum atomic E-state index is 13.6. The molecule has 2 aromatic carbocycles. The zero-order valence-corrected chi connectivity index (χ0v) is 19.6. The standard InChI is InChI=1S/C27H28N2O4/c1-15-12-20(13-16(2)29-15)23-24(30)21-10-11-22(17(3)25(21)33-27(23,4)5)32-14-18-6-8-19(9-7-18)26(28)31/h6-13,23H,14H2,1-5H3,(H2,28,31). The number of nitrogens with zero attached hydrogens (tertiary/aromatic N) is 1. The van der Waals surface area contributed by atoms with Crippen molar-refractivity contribution in [1.82, 2.24) is 4.98 Å². The molecule has 2 heterocycles. The van der Waals surface area contributed by atoms with Gasteiger partial charge in [-0.15, -0.1) is 0 Å². The van der Waals surface area contributed by atoms with E-state index in [1.54, 1.807) is 30.3 Å². The van der Waals surface area contributed by atoms with Crippen LogP contribution >= 0.6 is 0 Å². The quantitative estimate of drug-likeness (QED) is 0.609. The highest BCUT2D eigenvalue weighted by molar-refractivity contribution is 6.05. The molecule has 0 radical (unpaired) electrons. The van der Waals surface area contributed by atoms with Gasteiger partial charge in [0.2, 0.25) is 5.91 Å². The van der Waals surface area contributed by atoms with Gasteiger partial charge in [0.15, 0.2) is 5.78 Å². The Kier molecular flexibility index (Phi) is 5.70. The van der Waals surface area contributed by atoms with E-state index in [9.17, 15) is 9.59 Å². The molecule has 1 aromatic heterocycles. The van der Waals surface area contributed by atoms with Gasteiger partial charge >= 0.3 is 0 Å². The van der Waals surface area contributed by atoms with E-state index < -0.39 is 17.4 Å². The number of rotatable bonds is 5. The minimum Gasteiger partial charge on any atom is -0.488 e. The lowest BCUT2D eigenvalue weighted by molar-refractivity contribution is 0.0476. The van der Waals surface area contributed by atoms with Crippen LogP contribution in [0, 0.1) is 20.8 Å². The van der Waals surface area contributed by atoms with Crippen molar-refractivity contribution in [1.29, 1.82) is 0 Å². The highest BCUT2D eigenvalue weighted by Gasteiger charge is 2.45. The predicted molar refractivity (Wildman–Crippen MR) is 126 cm³/mol. The summed E-state index contributed by atoms with van der Waals surface area (Å²) in [5, 5.41) is 0. The molecule has 3 aromatic rings. The Hall–Kier alpha value is -3.67. The summed E-state index contributed by atoms with van der Waals surface area (Å²) in [4.78, 5) is 29.3. The lowest BCUT2D eigenvalue weighted by Crippen LogP contribution is -2.44. The highest BCUT2D eigenvalue weighted by atomic mass is 16.5. The summed E-state index contributed by atoms with van der Waals surface area (Å²) >= 11 is 0. The molecule has 1 amide bonds. The molecule has 6 heteroatoms. The number of nitrogens with two attached hydrogens (primary N) is 1. The number of aryl methyl sites for hydroxylation is 2. The van der Waals surface area contributed by atoms with Gasteiger partial charge in [-0.3, -0.25) is 14.6 Å². The van der Waals surface area contributed by atoms with Crippen LogP contribution < -0.4 is 15.2 Å². The fourth-order valence-corrected chi connectivity index (χ4v) is 4.46. The van der Waals surface area contributed by atoms with E-state index in [-0.39, 0.29) is 5.78 Å². The smallest absolute Gasteiger partial charge is 0.248 e. The zero-order valence-electron chi connectivity index (χ0n) is 19.6. The molecule has 0 aliphatic carbocycles. The van der Waals surface area contributed by atoms with Crippen molar-refractivity contribution < 1.29 is 19.1 Å². The van der Waals surface area contributed by atoms with Gasteiger partial charge in [0.25, 0.3) is 0 Å². The van der Waals surface area contributed by atoms with E-state index in [0.717, 1.165) is 28.1 Å². The molecule has 0 saturated carbocycles. The molecule has 0 spiro atoms. The van der Waals surface area contributed by atoms with Gasteiger partial charge < -0.3 is 15.2 Å². The van der Waals surface area contributed by atoms with E-state index in [4.69, 9.17) is 15.2 Å². The van der Waals surface area contributed by atoms with Gasteiger partial charge in [-0.2, -0.15) is 0 Å². The van der Waals surface area contributed by atoms with Crippen LogP contribution in [-0.2, 0) is 6.61 Å². The molecule has 1 atom stereocenters. The normalized spacial score (nSPS) is 16.6. The topological polar surface area (TPSA) is 91.5 Å². The number of hydrogen-bond donors (Lipinski definition) is 1. The van der Waals surface area contributed by atoms with Crippen molar-refractivity contribution >= 4 is 11.7 Å². The van der Waals surface area contributed by atoms with Crippen molar-refractivity contribution in [2.24, 2.45) is 5.73 Å². The fourth-order valence-electron chi connectivity index (χ4n) is 4.46. The average Bonchev–Trinajstić information content (AvgIpc) is 2.73. The molecule has 4 rings (SSSR count). The summed E-state index contributed by atoms with van der Waals surface area (Å²) in [6.45, 7) is 9.96. The monoisotopic (exact) mass is 444 g/mol. The van der Waals surface area contributed by atoms with Gasteiger partial charge in [0.05, 0.1) is 11.5 Å². The first kappa shape index (κ1) is 22.5.